The molecule has 3 aliphatic rings. The number of carbonyl (C=O) groups is 2. The van der Waals surface area contributed by atoms with Crippen LogP contribution in [0.1, 0.15) is 51.9 Å². The molecule has 1 saturated heterocycles. The highest BCUT2D eigenvalue weighted by Gasteiger charge is 2.48. The fraction of sp³-hybridized carbons (Fsp3) is 0.867. The van der Waals surface area contributed by atoms with Gasteiger partial charge in [0, 0.05) is 12.1 Å². The smallest absolute Gasteiger partial charge is 0.326 e. The molecular weight excluding hydrogens is 256 g/mol. The van der Waals surface area contributed by atoms with Crippen LogP contribution in [-0.2, 0) is 4.79 Å². The number of urea groups is 1. The van der Waals surface area contributed by atoms with Crippen molar-refractivity contribution in [2.45, 2.75) is 70.0 Å². The summed E-state index contributed by atoms with van der Waals surface area (Å²) >= 11 is 0. The second-order valence-corrected chi connectivity index (χ2v) is 6.68. The Kier molecular flexibility index (Phi) is 3.61. The first kappa shape index (κ1) is 13.7. The van der Waals surface area contributed by atoms with Gasteiger partial charge in [0.2, 0.25) is 0 Å². The monoisotopic (exact) mass is 280 g/mol. The number of likely N-dealkylation sites (tertiary alicyclic amines) is 1. The fourth-order valence-electron chi connectivity index (χ4n) is 3.96. The van der Waals surface area contributed by atoms with Crippen LogP contribution in [0.5, 0.6) is 0 Å². The van der Waals surface area contributed by atoms with Crippen molar-refractivity contribution in [2.75, 3.05) is 0 Å². The van der Waals surface area contributed by atoms with E-state index in [2.05, 4.69) is 5.32 Å². The van der Waals surface area contributed by atoms with Gasteiger partial charge in [-0.2, -0.15) is 0 Å². The topological polar surface area (TPSA) is 69.6 Å². The maximum Gasteiger partial charge on any atom is 0.326 e. The number of nitrogens with zero attached hydrogens (tertiary/aromatic N) is 1. The van der Waals surface area contributed by atoms with Crippen LogP contribution in [0.25, 0.3) is 0 Å². The maximum absolute atomic E-state index is 12.5. The van der Waals surface area contributed by atoms with Gasteiger partial charge in [-0.3, -0.25) is 0 Å². The van der Waals surface area contributed by atoms with E-state index >= 15 is 0 Å². The highest BCUT2D eigenvalue weighted by molar-refractivity contribution is 5.84. The summed E-state index contributed by atoms with van der Waals surface area (Å²) in [6, 6.07) is -0.489. The summed E-state index contributed by atoms with van der Waals surface area (Å²) in [6.07, 6.45) is 7.28. The Morgan fingerprint density at radius 2 is 1.90 bits per heavy atom. The molecule has 0 aromatic heterocycles. The van der Waals surface area contributed by atoms with Crippen molar-refractivity contribution in [3.63, 3.8) is 0 Å². The predicted octanol–water partition coefficient (Wildman–Crippen LogP) is 2.21. The van der Waals surface area contributed by atoms with Crippen molar-refractivity contribution in [1.82, 2.24) is 10.2 Å². The van der Waals surface area contributed by atoms with Crippen molar-refractivity contribution < 1.29 is 14.7 Å². The molecule has 2 aliphatic carbocycles. The molecular formula is C15H24N2O3. The van der Waals surface area contributed by atoms with Gasteiger partial charge < -0.3 is 15.3 Å². The molecule has 0 bridgehead atoms. The zero-order valence-corrected chi connectivity index (χ0v) is 12.0. The number of fused-ring (bicyclic) bond motifs is 1. The summed E-state index contributed by atoms with van der Waals surface area (Å²) in [7, 11) is 0. The summed E-state index contributed by atoms with van der Waals surface area (Å²) < 4.78 is 0. The molecule has 2 saturated carbocycles. The van der Waals surface area contributed by atoms with E-state index in [1.807, 2.05) is 6.92 Å². The quantitative estimate of drug-likeness (QED) is 0.832. The van der Waals surface area contributed by atoms with Gasteiger partial charge in [0.05, 0.1) is 0 Å². The van der Waals surface area contributed by atoms with Gasteiger partial charge in [0.15, 0.2) is 0 Å². The Labute approximate surface area is 119 Å². The number of hydrogen-bond acceptors (Lipinski definition) is 2. The lowest BCUT2D eigenvalue weighted by atomic mass is 9.85. The number of carboxylic acid groups (broad SMARTS) is 1. The highest BCUT2D eigenvalue weighted by Crippen LogP contribution is 2.40. The molecule has 2 N–H and O–H groups in total. The molecule has 4 atom stereocenters. The van der Waals surface area contributed by atoms with Gasteiger partial charge in [-0.15, -0.1) is 0 Å². The first-order valence-electron chi connectivity index (χ1n) is 7.89. The van der Waals surface area contributed by atoms with Crippen LogP contribution in [0.15, 0.2) is 0 Å². The first-order valence-corrected chi connectivity index (χ1v) is 7.89. The van der Waals surface area contributed by atoms with E-state index in [0.717, 1.165) is 19.3 Å². The van der Waals surface area contributed by atoms with Crippen molar-refractivity contribution >= 4 is 12.0 Å². The Hall–Kier alpha value is -1.26. The van der Waals surface area contributed by atoms with Crippen molar-refractivity contribution in [3.05, 3.63) is 0 Å². The molecule has 1 heterocycles. The number of aliphatic carboxylic acids is 1. The summed E-state index contributed by atoms with van der Waals surface area (Å²) in [4.78, 5) is 25.6. The van der Waals surface area contributed by atoms with Crippen LogP contribution in [0.4, 0.5) is 4.79 Å². The standard InChI is InChI=1S/C15H24N2O3/c1-9(10-6-7-10)16-15(20)17-12-5-3-2-4-11(12)8-13(17)14(18)19/h9-13H,2-8H2,1H3,(H,16,20)(H,18,19). The van der Waals surface area contributed by atoms with Crippen molar-refractivity contribution in [3.8, 4) is 0 Å². The molecule has 0 spiro atoms. The molecule has 0 aromatic carbocycles. The third-order valence-electron chi connectivity index (χ3n) is 5.29. The van der Waals surface area contributed by atoms with Crippen molar-refractivity contribution in [1.29, 1.82) is 0 Å². The molecule has 2 amide bonds. The maximum atomic E-state index is 12.5. The lowest BCUT2D eigenvalue weighted by molar-refractivity contribution is -0.141. The fourth-order valence-corrected chi connectivity index (χ4v) is 3.96. The van der Waals surface area contributed by atoms with Crippen LogP contribution in [0.2, 0.25) is 0 Å². The number of carbonyl (C=O) groups excluding carboxylic acids is 1. The molecule has 112 valence electrons. The van der Waals surface area contributed by atoms with Gasteiger partial charge in [0.1, 0.15) is 6.04 Å². The minimum absolute atomic E-state index is 0.135. The van der Waals surface area contributed by atoms with Gasteiger partial charge in [-0.25, -0.2) is 9.59 Å². The van der Waals surface area contributed by atoms with Gasteiger partial charge in [0.25, 0.3) is 0 Å². The molecule has 4 unspecified atom stereocenters. The molecule has 0 aromatic rings. The second kappa shape index (κ2) is 5.26. The van der Waals surface area contributed by atoms with Crippen LogP contribution < -0.4 is 5.32 Å². The van der Waals surface area contributed by atoms with Crippen LogP contribution >= 0.6 is 0 Å². The predicted molar refractivity (Wildman–Crippen MR) is 74.3 cm³/mol. The van der Waals surface area contributed by atoms with Gasteiger partial charge in [-0.05, 0) is 50.9 Å². The molecule has 0 radical (unpaired) electrons. The highest BCUT2D eigenvalue weighted by atomic mass is 16.4. The number of hydrogen-bond donors (Lipinski definition) is 2. The van der Waals surface area contributed by atoms with Crippen molar-refractivity contribution in [2.24, 2.45) is 11.8 Å². The van der Waals surface area contributed by atoms with E-state index in [1.54, 1.807) is 4.90 Å². The van der Waals surface area contributed by atoms with Crippen LogP contribution in [0, 0.1) is 11.8 Å². The number of nitrogens with one attached hydrogen (secondary N) is 1. The lowest BCUT2D eigenvalue weighted by Gasteiger charge is -2.33. The Morgan fingerprint density at radius 3 is 2.55 bits per heavy atom. The third kappa shape index (κ3) is 2.50. The minimum atomic E-state index is -0.853. The normalized spacial score (nSPS) is 34.5. The Balaban J connectivity index is 1.72. The third-order valence-corrected chi connectivity index (χ3v) is 5.29. The summed E-state index contributed by atoms with van der Waals surface area (Å²) in [5.41, 5.74) is 0. The van der Waals surface area contributed by atoms with Gasteiger partial charge >= 0.3 is 12.0 Å². The number of amides is 2. The molecule has 5 nitrogen and oxygen atoms in total. The second-order valence-electron chi connectivity index (χ2n) is 6.68. The number of rotatable bonds is 3. The Bertz CT molecular complexity index is 408. The molecule has 3 fully saturated rings. The van der Waals surface area contributed by atoms with Gasteiger partial charge in [-0.1, -0.05) is 12.8 Å². The zero-order valence-electron chi connectivity index (χ0n) is 12.0. The minimum Gasteiger partial charge on any atom is -0.480 e. The summed E-state index contributed by atoms with van der Waals surface area (Å²) in [5.74, 6) is 0.118. The van der Waals surface area contributed by atoms with E-state index in [0.29, 0.717) is 18.3 Å². The summed E-state index contributed by atoms with van der Waals surface area (Å²) in [6.45, 7) is 2.03. The lowest BCUT2D eigenvalue weighted by Crippen LogP contribution is -2.52. The molecule has 5 heteroatoms. The summed E-state index contributed by atoms with van der Waals surface area (Å²) in [5, 5.41) is 12.4. The van der Waals surface area contributed by atoms with E-state index in [9.17, 15) is 14.7 Å². The molecule has 20 heavy (non-hydrogen) atoms. The zero-order chi connectivity index (χ0) is 14.3. The van der Waals surface area contributed by atoms with E-state index in [1.165, 1.54) is 19.3 Å². The van der Waals surface area contributed by atoms with E-state index in [4.69, 9.17) is 0 Å². The van der Waals surface area contributed by atoms with Crippen LogP contribution in [0.3, 0.4) is 0 Å². The van der Waals surface area contributed by atoms with E-state index < -0.39 is 12.0 Å². The van der Waals surface area contributed by atoms with E-state index in [-0.39, 0.29) is 18.1 Å². The average molecular weight is 280 g/mol. The molecule has 1 aliphatic heterocycles. The first-order chi connectivity index (χ1) is 9.58. The average Bonchev–Trinajstić information content (AvgIpc) is 3.18. The SMILES string of the molecule is CC(NC(=O)N1C(C(=O)O)CC2CCCCC21)C1CC1. The largest absolute Gasteiger partial charge is 0.480 e. The Morgan fingerprint density at radius 1 is 1.20 bits per heavy atom. The molecule has 3 rings (SSSR count). The number of carboxylic acids is 1. The van der Waals surface area contributed by atoms with Crippen LogP contribution in [-0.4, -0.2) is 40.1 Å².